The molecule has 2 saturated heterocycles. The summed E-state index contributed by atoms with van der Waals surface area (Å²) in [6.45, 7) is 6.35. The molecule has 1 aromatic rings. The van der Waals surface area contributed by atoms with Crippen molar-refractivity contribution in [3.05, 3.63) is 6.33 Å². The Bertz CT molecular complexity index is 668. The van der Waals surface area contributed by atoms with E-state index in [1.807, 2.05) is 4.90 Å². The summed E-state index contributed by atoms with van der Waals surface area (Å²) >= 11 is 0. The van der Waals surface area contributed by atoms with Crippen molar-refractivity contribution >= 4 is 17.8 Å². The van der Waals surface area contributed by atoms with Crippen LogP contribution in [0.2, 0.25) is 0 Å². The molecule has 28 heavy (non-hydrogen) atoms. The van der Waals surface area contributed by atoms with E-state index in [4.69, 9.17) is 0 Å². The lowest BCUT2D eigenvalue weighted by Gasteiger charge is -2.36. The molecule has 0 radical (unpaired) electrons. The third-order valence-electron chi connectivity index (χ3n) is 6.27. The molecule has 1 aromatic heterocycles. The van der Waals surface area contributed by atoms with E-state index in [2.05, 4.69) is 30.3 Å². The molecule has 154 valence electrons. The summed E-state index contributed by atoms with van der Waals surface area (Å²) in [6, 6.07) is 0.671. The van der Waals surface area contributed by atoms with Gasteiger partial charge in [-0.2, -0.15) is 10.1 Å². The predicted octanol–water partition coefficient (Wildman–Crippen LogP) is 0.223. The number of piperazine rings is 1. The van der Waals surface area contributed by atoms with Crippen molar-refractivity contribution in [3.8, 4) is 0 Å². The lowest BCUT2D eigenvalue weighted by Crippen LogP contribution is -2.51. The number of rotatable bonds is 7. The highest BCUT2D eigenvalue weighted by molar-refractivity contribution is 5.77. The summed E-state index contributed by atoms with van der Waals surface area (Å²) in [5.74, 6) is 1.83. The summed E-state index contributed by atoms with van der Waals surface area (Å²) in [5, 5.41) is 9.76. The minimum Gasteiger partial charge on any atom is -0.355 e. The lowest BCUT2D eigenvalue weighted by molar-refractivity contribution is -0.132. The zero-order valence-electron chi connectivity index (χ0n) is 16.6. The molecule has 1 aliphatic carbocycles. The van der Waals surface area contributed by atoms with Crippen molar-refractivity contribution in [2.24, 2.45) is 5.92 Å². The normalized spacial score (nSPS) is 25.9. The van der Waals surface area contributed by atoms with Gasteiger partial charge in [-0.3, -0.25) is 14.5 Å². The van der Waals surface area contributed by atoms with E-state index < -0.39 is 0 Å². The molecule has 3 aliphatic rings. The van der Waals surface area contributed by atoms with E-state index in [0.29, 0.717) is 25.0 Å². The van der Waals surface area contributed by atoms with E-state index in [1.165, 1.54) is 19.2 Å². The van der Waals surface area contributed by atoms with Gasteiger partial charge >= 0.3 is 0 Å². The van der Waals surface area contributed by atoms with E-state index in [9.17, 15) is 9.59 Å². The molecule has 9 nitrogen and oxygen atoms in total. The van der Waals surface area contributed by atoms with E-state index in [1.54, 1.807) is 6.92 Å². The number of nitrogens with one attached hydrogen (secondary N) is 2. The Labute approximate surface area is 165 Å². The first-order chi connectivity index (χ1) is 13.6. The second-order valence-corrected chi connectivity index (χ2v) is 8.34. The molecule has 0 aromatic carbocycles. The zero-order valence-corrected chi connectivity index (χ0v) is 16.6. The summed E-state index contributed by atoms with van der Waals surface area (Å²) in [6.07, 6.45) is 6.80. The summed E-state index contributed by atoms with van der Waals surface area (Å²) in [5.41, 5.74) is 0. The standard InChI is InChI=1S/C19H31N7O2/c1-14(27)20-11-17-5-4-16(26(17)12-15-2-3-15)10-18(28)24-6-8-25(9-7-24)19-21-13-22-23-19/h13,15-17H,2-12H2,1H3,(H,20,27)(H,21,22,23)/t16-,17+/m0/s1. The molecule has 3 heterocycles. The van der Waals surface area contributed by atoms with Gasteiger partial charge in [0.2, 0.25) is 17.8 Å². The van der Waals surface area contributed by atoms with Gasteiger partial charge in [-0.15, -0.1) is 0 Å². The number of aromatic amines is 1. The maximum absolute atomic E-state index is 12.9. The van der Waals surface area contributed by atoms with Gasteiger partial charge < -0.3 is 15.1 Å². The largest absolute Gasteiger partial charge is 0.355 e. The number of nitrogens with zero attached hydrogens (tertiary/aromatic N) is 5. The smallest absolute Gasteiger partial charge is 0.224 e. The molecule has 2 amide bonds. The van der Waals surface area contributed by atoms with Gasteiger partial charge in [0, 0.05) is 64.7 Å². The Hall–Kier alpha value is -2.16. The van der Waals surface area contributed by atoms with Crippen molar-refractivity contribution in [1.29, 1.82) is 0 Å². The molecule has 3 fully saturated rings. The third-order valence-corrected chi connectivity index (χ3v) is 6.27. The molecule has 1 saturated carbocycles. The number of likely N-dealkylation sites (tertiary alicyclic amines) is 1. The Morgan fingerprint density at radius 3 is 2.54 bits per heavy atom. The maximum atomic E-state index is 12.9. The number of hydrogen-bond acceptors (Lipinski definition) is 6. The highest BCUT2D eigenvalue weighted by Crippen LogP contribution is 2.35. The molecule has 4 rings (SSSR count). The average molecular weight is 390 g/mol. The van der Waals surface area contributed by atoms with Crippen molar-refractivity contribution in [2.45, 2.75) is 51.1 Å². The van der Waals surface area contributed by atoms with Crippen molar-refractivity contribution < 1.29 is 9.59 Å². The lowest BCUT2D eigenvalue weighted by atomic mass is 10.1. The highest BCUT2D eigenvalue weighted by Gasteiger charge is 2.38. The first kappa shape index (κ1) is 19.2. The number of anilines is 1. The van der Waals surface area contributed by atoms with Crippen molar-refractivity contribution in [1.82, 2.24) is 30.3 Å². The third kappa shape index (κ3) is 4.63. The molecule has 0 bridgehead atoms. The van der Waals surface area contributed by atoms with Gasteiger partial charge in [-0.1, -0.05) is 0 Å². The maximum Gasteiger partial charge on any atom is 0.224 e. The second kappa shape index (κ2) is 8.46. The van der Waals surface area contributed by atoms with Crippen LogP contribution in [0, 0.1) is 5.92 Å². The molecule has 9 heteroatoms. The molecule has 0 spiro atoms. The topological polar surface area (TPSA) is 97.5 Å². The van der Waals surface area contributed by atoms with Crippen LogP contribution in [0.5, 0.6) is 0 Å². The van der Waals surface area contributed by atoms with Crippen LogP contribution in [0.25, 0.3) is 0 Å². The SMILES string of the molecule is CC(=O)NC[C@H]1CC[C@@H](CC(=O)N2CCN(c3ncn[nH]3)CC2)N1CC1CC1. The first-order valence-electron chi connectivity index (χ1n) is 10.5. The summed E-state index contributed by atoms with van der Waals surface area (Å²) < 4.78 is 0. The van der Waals surface area contributed by atoms with Crippen LogP contribution in [0.3, 0.4) is 0 Å². The van der Waals surface area contributed by atoms with Crippen LogP contribution in [0.15, 0.2) is 6.33 Å². The Balaban J connectivity index is 1.29. The molecular formula is C19H31N7O2. The number of hydrogen-bond donors (Lipinski definition) is 2. The Kier molecular flexibility index (Phi) is 5.79. The van der Waals surface area contributed by atoms with Gasteiger partial charge in [-0.25, -0.2) is 5.10 Å². The molecule has 2 N–H and O–H groups in total. The Morgan fingerprint density at radius 1 is 1.14 bits per heavy atom. The molecular weight excluding hydrogens is 358 g/mol. The zero-order chi connectivity index (χ0) is 19.5. The molecule has 2 aliphatic heterocycles. The molecule has 2 atom stereocenters. The van der Waals surface area contributed by atoms with Gasteiger partial charge in [0.1, 0.15) is 6.33 Å². The summed E-state index contributed by atoms with van der Waals surface area (Å²) in [4.78, 5) is 35.1. The van der Waals surface area contributed by atoms with Gasteiger partial charge in [0.05, 0.1) is 0 Å². The fourth-order valence-electron chi connectivity index (χ4n) is 4.46. The van der Waals surface area contributed by atoms with E-state index >= 15 is 0 Å². The number of aromatic nitrogens is 3. The summed E-state index contributed by atoms with van der Waals surface area (Å²) in [7, 11) is 0. The van der Waals surface area contributed by atoms with Crippen LogP contribution in [-0.2, 0) is 9.59 Å². The quantitative estimate of drug-likeness (QED) is 0.693. The number of H-pyrrole nitrogens is 1. The van der Waals surface area contributed by atoms with Crippen molar-refractivity contribution in [3.63, 3.8) is 0 Å². The van der Waals surface area contributed by atoms with Crippen LogP contribution in [-0.4, -0.2) is 88.1 Å². The van der Waals surface area contributed by atoms with E-state index in [-0.39, 0.29) is 11.8 Å². The van der Waals surface area contributed by atoms with Gasteiger partial charge in [0.25, 0.3) is 0 Å². The van der Waals surface area contributed by atoms with Crippen LogP contribution < -0.4 is 10.2 Å². The minimum atomic E-state index is 0.0236. The fourth-order valence-corrected chi connectivity index (χ4v) is 4.46. The highest BCUT2D eigenvalue weighted by atomic mass is 16.2. The van der Waals surface area contributed by atoms with Gasteiger partial charge in [-0.05, 0) is 31.6 Å². The second-order valence-electron chi connectivity index (χ2n) is 8.34. The predicted molar refractivity (Wildman–Crippen MR) is 105 cm³/mol. The van der Waals surface area contributed by atoms with Crippen LogP contribution in [0.4, 0.5) is 5.95 Å². The first-order valence-corrected chi connectivity index (χ1v) is 10.5. The fraction of sp³-hybridized carbons (Fsp3) is 0.789. The number of amides is 2. The minimum absolute atomic E-state index is 0.0236. The van der Waals surface area contributed by atoms with Crippen LogP contribution in [0.1, 0.15) is 39.0 Å². The molecule has 0 unspecified atom stereocenters. The number of carbonyl (C=O) groups excluding carboxylic acids is 2. The van der Waals surface area contributed by atoms with Gasteiger partial charge in [0.15, 0.2) is 0 Å². The van der Waals surface area contributed by atoms with Crippen LogP contribution >= 0.6 is 0 Å². The number of carbonyl (C=O) groups is 2. The average Bonchev–Trinajstić information content (AvgIpc) is 3.19. The van der Waals surface area contributed by atoms with E-state index in [0.717, 1.165) is 57.4 Å². The van der Waals surface area contributed by atoms with Crippen molar-refractivity contribution in [2.75, 3.05) is 44.2 Å². The Morgan fingerprint density at radius 2 is 1.89 bits per heavy atom. The monoisotopic (exact) mass is 389 g/mol.